The van der Waals surface area contributed by atoms with Gasteiger partial charge in [0.15, 0.2) is 8.32 Å². The third-order valence-electron chi connectivity index (χ3n) is 7.88. The van der Waals surface area contributed by atoms with Crippen molar-refractivity contribution in [1.82, 2.24) is 4.98 Å². The van der Waals surface area contributed by atoms with Crippen molar-refractivity contribution < 1.29 is 14.0 Å². The number of pyridine rings is 1. The van der Waals surface area contributed by atoms with Crippen molar-refractivity contribution >= 4 is 25.1 Å². The minimum absolute atomic E-state index is 0.0610. The van der Waals surface area contributed by atoms with E-state index in [0.717, 1.165) is 35.2 Å². The predicted molar refractivity (Wildman–Crippen MR) is 142 cm³/mol. The van der Waals surface area contributed by atoms with Crippen LogP contribution in [0.15, 0.2) is 30.3 Å². The fourth-order valence-electron chi connectivity index (χ4n) is 4.34. The first-order valence-electron chi connectivity index (χ1n) is 12.5. The molecule has 2 N–H and O–H groups in total. The highest BCUT2D eigenvalue weighted by Gasteiger charge is 2.38. The van der Waals surface area contributed by atoms with Gasteiger partial charge < -0.3 is 14.9 Å². The van der Waals surface area contributed by atoms with Crippen molar-refractivity contribution in [1.29, 1.82) is 0 Å². The molecule has 1 heterocycles. The second-order valence-corrected chi connectivity index (χ2v) is 17.2. The summed E-state index contributed by atoms with van der Waals surface area (Å²) in [4.78, 5) is 17.0. The van der Waals surface area contributed by atoms with E-state index in [4.69, 9.17) is 19.9 Å². The standard InChI is InChI=1S/C28H43N2O3Si/c1-27(2,3)21-11-13-22(14-12-21)33-25-16-10-20-17-19(9-15-24(20)30-25)23(26(29)31)18-32-34(7,8)28(4,5)6/h9-10,15-17,21-22H,11-14,18H2,1-8H3,(H2,29,31)/t21-,22-. The average Bonchev–Trinajstić information content (AvgIpc) is 2.72. The minimum atomic E-state index is -2.00. The first-order valence-corrected chi connectivity index (χ1v) is 15.5. The molecule has 1 aliphatic rings. The molecule has 1 saturated carbocycles. The molecule has 0 unspecified atom stereocenters. The van der Waals surface area contributed by atoms with Crippen molar-refractivity contribution in [3.8, 4) is 5.88 Å². The van der Waals surface area contributed by atoms with E-state index < -0.39 is 14.2 Å². The van der Waals surface area contributed by atoms with Crippen LogP contribution in [0.3, 0.4) is 0 Å². The lowest BCUT2D eigenvalue weighted by atomic mass is 9.72. The number of nitrogens with two attached hydrogens (primary N) is 1. The van der Waals surface area contributed by atoms with Gasteiger partial charge in [-0.3, -0.25) is 4.79 Å². The molecule has 6 heteroatoms. The number of carbonyl (C=O) groups excluding carboxylic acids is 1. The van der Waals surface area contributed by atoms with Crippen LogP contribution in [-0.2, 0) is 9.22 Å². The molecule has 187 valence electrons. The van der Waals surface area contributed by atoms with Gasteiger partial charge in [0.2, 0.25) is 11.8 Å². The Hall–Kier alpha value is -1.92. The third kappa shape index (κ3) is 6.39. The van der Waals surface area contributed by atoms with E-state index in [-0.39, 0.29) is 17.7 Å². The van der Waals surface area contributed by atoms with Gasteiger partial charge in [0.1, 0.15) is 12.0 Å². The SMILES string of the molecule is CC(C)(C)[Si](C)(C)OC[C](C(N)=O)c1ccc2nc(O[C@H]3CC[C@H](C(C)(C)C)CC3)ccc2c1. The fourth-order valence-corrected chi connectivity index (χ4v) is 5.28. The summed E-state index contributed by atoms with van der Waals surface area (Å²) < 4.78 is 12.5. The number of rotatable bonds is 7. The van der Waals surface area contributed by atoms with Crippen LogP contribution in [0.1, 0.15) is 72.8 Å². The summed E-state index contributed by atoms with van der Waals surface area (Å²) in [6, 6.07) is 9.75. The molecule has 2 aromatic rings. The highest BCUT2D eigenvalue weighted by atomic mass is 28.4. The maximum atomic E-state index is 12.2. The lowest BCUT2D eigenvalue weighted by molar-refractivity contribution is -0.116. The van der Waals surface area contributed by atoms with Crippen LogP contribution in [0, 0.1) is 17.3 Å². The molecular weight excluding hydrogens is 440 g/mol. The molecule has 0 spiro atoms. The maximum Gasteiger partial charge on any atom is 0.231 e. The summed E-state index contributed by atoms with van der Waals surface area (Å²) in [5.41, 5.74) is 7.73. The Kier molecular flexibility index (Phi) is 7.83. The minimum Gasteiger partial charge on any atom is -0.474 e. The normalized spacial score (nSPS) is 20.0. The number of amides is 1. The Labute approximate surface area is 206 Å². The maximum absolute atomic E-state index is 12.2. The third-order valence-corrected chi connectivity index (χ3v) is 12.4. The number of ether oxygens (including phenoxy) is 1. The number of nitrogens with zero attached hydrogens (tertiary/aromatic N) is 1. The van der Waals surface area contributed by atoms with Gasteiger partial charge in [-0.15, -0.1) is 0 Å². The van der Waals surface area contributed by atoms with Gasteiger partial charge in [-0.2, -0.15) is 0 Å². The summed E-state index contributed by atoms with van der Waals surface area (Å²) in [6.07, 6.45) is 4.78. The summed E-state index contributed by atoms with van der Waals surface area (Å²) in [6.45, 7) is 18.1. The molecule has 5 nitrogen and oxygen atoms in total. The topological polar surface area (TPSA) is 74.4 Å². The Morgan fingerprint density at radius 2 is 1.68 bits per heavy atom. The van der Waals surface area contributed by atoms with Crippen molar-refractivity contribution in [2.75, 3.05) is 6.61 Å². The van der Waals surface area contributed by atoms with Crippen LogP contribution in [0.5, 0.6) is 5.88 Å². The second kappa shape index (κ2) is 9.98. The van der Waals surface area contributed by atoms with E-state index >= 15 is 0 Å². The van der Waals surface area contributed by atoms with Gasteiger partial charge in [-0.05, 0) is 78.9 Å². The number of carbonyl (C=O) groups is 1. The molecule has 0 atom stereocenters. The van der Waals surface area contributed by atoms with Gasteiger partial charge in [-0.1, -0.05) is 47.6 Å². The monoisotopic (exact) mass is 483 g/mol. The molecule has 1 aliphatic carbocycles. The Balaban J connectivity index is 1.70. The van der Waals surface area contributed by atoms with Crippen molar-refractivity contribution in [3.63, 3.8) is 0 Å². The zero-order valence-corrected chi connectivity index (χ0v) is 23.3. The van der Waals surface area contributed by atoms with Crippen LogP contribution in [0.25, 0.3) is 10.9 Å². The zero-order valence-electron chi connectivity index (χ0n) is 22.3. The molecule has 0 bridgehead atoms. The average molecular weight is 484 g/mol. The molecular formula is C28H43N2O3Si. The smallest absolute Gasteiger partial charge is 0.231 e. The van der Waals surface area contributed by atoms with E-state index in [9.17, 15) is 4.79 Å². The van der Waals surface area contributed by atoms with Crippen molar-refractivity contribution in [3.05, 3.63) is 41.8 Å². The van der Waals surface area contributed by atoms with Crippen molar-refractivity contribution in [2.24, 2.45) is 17.1 Å². The van der Waals surface area contributed by atoms with E-state index in [1.807, 2.05) is 30.3 Å². The fraction of sp³-hybridized carbons (Fsp3) is 0.607. The van der Waals surface area contributed by atoms with Crippen LogP contribution in [-0.4, -0.2) is 31.9 Å². The van der Waals surface area contributed by atoms with Gasteiger partial charge in [0.25, 0.3) is 0 Å². The van der Waals surface area contributed by atoms with Crippen LogP contribution in [0.2, 0.25) is 18.1 Å². The molecule has 1 fully saturated rings. The van der Waals surface area contributed by atoms with E-state index in [1.54, 1.807) is 0 Å². The molecule has 1 amide bonds. The Morgan fingerprint density at radius 3 is 2.24 bits per heavy atom. The largest absolute Gasteiger partial charge is 0.474 e. The molecule has 34 heavy (non-hydrogen) atoms. The van der Waals surface area contributed by atoms with Crippen LogP contribution in [0.4, 0.5) is 0 Å². The van der Waals surface area contributed by atoms with E-state index in [0.29, 0.717) is 17.2 Å². The molecule has 3 rings (SSSR count). The van der Waals surface area contributed by atoms with E-state index in [1.165, 1.54) is 12.8 Å². The van der Waals surface area contributed by atoms with Crippen molar-refractivity contribution in [2.45, 2.75) is 91.5 Å². The highest BCUT2D eigenvalue weighted by Crippen LogP contribution is 2.39. The number of fused-ring (bicyclic) bond motifs is 1. The number of aromatic nitrogens is 1. The first kappa shape index (κ1) is 26.7. The quantitative estimate of drug-likeness (QED) is 0.447. The summed E-state index contributed by atoms with van der Waals surface area (Å²) in [7, 11) is -2.00. The molecule has 0 saturated heterocycles. The molecule has 1 aromatic heterocycles. The lowest BCUT2D eigenvalue weighted by Crippen LogP contribution is -2.43. The zero-order chi connectivity index (χ0) is 25.3. The number of hydrogen-bond donors (Lipinski definition) is 1. The first-order chi connectivity index (χ1) is 15.7. The van der Waals surface area contributed by atoms with Crippen LogP contribution < -0.4 is 10.5 Å². The summed E-state index contributed by atoms with van der Waals surface area (Å²) >= 11 is 0. The van der Waals surface area contributed by atoms with Gasteiger partial charge in [0.05, 0.1) is 12.1 Å². The van der Waals surface area contributed by atoms with Gasteiger partial charge >= 0.3 is 0 Å². The number of hydrogen-bond acceptors (Lipinski definition) is 4. The molecule has 1 aromatic carbocycles. The second-order valence-electron chi connectivity index (χ2n) is 12.4. The predicted octanol–water partition coefficient (Wildman–Crippen LogP) is 6.65. The van der Waals surface area contributed by atoms with E-state index in [2.05, 4.69) is 54.6 Å². The Bertz CT molecular complexity index is 999. The molecule has 0 aliphatic heterocycles. The molecule has 1 radical (unpaired) electrons. The summed E-state index contributed by atoms with van der Waals surface area (Å²) in [5.74, 6) is 1.48. The van der Waals surface area contributed by atoms with Gasteiger partial charge in [0, 0.05) is 11.5 Å². The number of benzene rings is 1. The number of primary amides is 1. The Morgan fingerprint density at radius 1 is 1.03 bits per heavy atom. The summed E-state index contributed by atoms with van der Waals surface area (Å²) in [5, 5.41) is 1.01. The lowest BCUT2D eigenvalue weighted by Gasteiger charge is -2.37. The van der Waals surface area contributed by atoms with Crippen LogP contribution >= 0.6 is 0 Å². The van der Waals surface area contributed by atoms with Gasteiger partial charge in [-0.25, -0.2) is 4.98 Å². The highest BCUT2D eigenvalue weighted by molar-refractivity contribution is 6.74.